The van der Waals surface area contributed by atoms with Crippen LogP contribution in [0, 0.1) is 10.5 Å². The third kappa shape index (κ3) is 6.06. The molecule has 1 aromatic carbocycles. The smallest absolute Gasteiger partial charge is 0.407 e. The molecular weight excluding hydrogens is 571 g/mol. The quantitative estimate of drug-likeness (QED) is 0.238. The van der Waals surface area contributed by atoms with Crippen LogP contribution in [-0.2, 0) is 19.6 Å². The zero-order valence-electron chi connectivity index (χ0n) is 19.4. The number of carbonyl (C=O) groups excluding carboxylic acids is 2. The van der Waals surface area contributed by atoms with E-state index < -0.39 is 21.7 Å². The summed E-state index contributed by atoms with van der Waals surface area (Å²) in [6, 6.07) is 8.36. The van der Waals surface area contributed by atoms with E-state index in [2.05, 4.69) is 32.9 Å². The van der Waals surface area contributed by atoms with Crippen LogP contribution < -0.4 is 10.2 Å². The van der Waals surface area contributed by atoms with Gasteiger partial charge in [0, 0.05) is 28.2 Å². The normalized spacial score (nSPS) is 11.9. The number of fused-ring (bicyclic) bond motifs is 1. The van der Waals surface area contributed by atoms with Gasteiger partial charge < -0.3 is 15.0 Å². The third-order valence-corrected chi connectivity index (χ3v) is 7.35. The predicted molar refractivity (Wildman–Crippen MR) is 138 cm³/mol. The highest BCUT2D eigenvalue weighted by Gasteiger charge is 2.22. The monoisotopic (exact) mass is 598 g/mol. The van der Waals surface area contributed by atoms with E-state index in [0.29, 0.717) is 40.6 Å². The van der Waals surface area contributed by atoms with E-state index in [1.807, 2.05) is 6.92 Å². The maximum absolute atomic E-state index is 13.2. The number of rotatable bonds is 8. The van der Waals surface area contributed by atoms with Crippen LogP contribution in [0.5, 0.6) is 0 Å². The molecule has 11 heteroatoms. The maximum atomic E-state index is 13.2. The number of ether oxygens (including phenoxy) is 1. The van der Waals surface area contributed by atoms with Crippen LogP contribution in [-0.4, -0.2) is 48.6 Å². The molecule has 9 nitrogen and oxygen atoms in total. The van der Waals surface area contributed by atoms with Gasteiger partial charge in [-0.2, -0.15) is 0 Å². The molecule has 0 fully saturated rings. The van der Waals surface area contributed by atoms with Crippen molar-refractivity contribution in [3.63, 3.8) is 0 Å². The van der Waals surface area contributed by atoms with Gasteiger partial charge in [0.15, 0.2) is 5.65 Å². The largest absolute Gasteiger partial charge is 0.444 e. The van der Waals surface area contributed by atoms with Crippen LogP contribution in [0.1, 0.15) is 32.8 Å². The van der Waals surface area contributed by atoms with Gasteiger partial charge in [0.25, 0.3) is 10.0 Å². The number of nitrogens with zero attached hydrogens (tertiary/aromatic N) is 3. The summed E-state index contributed by atoms with van der Waals surface area (Å²) in [4.78, 5) is 29.5. The second-order valence-corrected chi connectivity index (χ2v) is 11.7. The first-order valence-corrected chi connectivity index (χ1v) is 13.1. The molecule has 0 aliphatic heterocycles. The summed E-state index contributed by atoms with van der Waals surface area (Å²) in [6.07, 6.45) is 3.65. The number of alkyl carbamates (subject to hydrolysis) is 1. The summed E-state index contributed by atoms with van der Waals surface area (Å²) in [5, 5.41) is 3.28. The van der Waals surface area contributed by atoms with Gasteiger partial charge >= 0.3 is 6.09 Å². The Balaban J connectivity index is 1.77. The molecular formula is C23H27IN4O5S. The number of hydrogen-bond acceptors (Lipinski definition) is 6. The summed E-state index contributed by atoms with van der Waals surface area (Å²) in [5.74, 6) is 0. The Kier molecular flexibility index (Phi) is 7.86. The number of aromatic nitrogens is 2. The number of pyridine rings is 1. The second kappa shape index (κ2) is 10.3. The van der Waals surface area contributed by atoms with Crippen molar-refractivity contribution in [1.29, 1.82) is 0 Å². The van der Waals surface area contributed by atoms with Gasteiger partial charge in [-0.3, -0.25) is 4.79 Å². The van der Waals surface area contributed by atoms with Gasteiger partial charge in [-0.1, -0.05) is 17.7 Å². The van der Waals surface area contributed by atoms with Crippen LogP contribution in [0.4, 0.5) is 10.5 Å². The molecule has 0 saturated heterocycles. The minimum atomic E-state index is -3.82. The zero-order valence-corrected chi connectivity index (χ0v) is 22.4. The number of anilines is 1. The van der Waals surface area contributed by atoms with Gasteiger partial charge in [-0.15, -0.1) is 0 Å². The summed E-state index contributed by atoms with van der Waals surface area (Å²) >= 11 is 2.05. The van der Waals surface area contributed by atoms with E-state index in [0.717, 1.165) is 9.54 Å². The van der Waals surface area contributed by atoms with E-state index in [1.165, 1.54) is 17.3 Å². The minimum Gasteiger partial charge on any atom is -0.444 e. The van der Waals surface area contributed by atoms with Crippen molar-refractivity contribution in [3.8, 4) is 0 Å². The van der Waals surface area contributed by atoms with Crippen molar-refractivity contribution in [3.05, 3.63) is 51.9 Å². The Morgan fingerprint density at radius 1 is 1.26 bits per heavy atom. The lowest BCUT2D eigenvalue weighted by Crippen LogP contribution is -2.34. The summed E-state index contributed by atoms with van der Waals surface area (Å²) in [5.41, 5.74) is 1.19. The molecule has 0 saturated carbocycles. The molecule has 3 rings (SSSR count). The summed E-state index contributed by atoms with van der Waals surface area (Å²) < 4.78 is 33.4. The fourth-order valence-electron chi connectivity index (χ4n) is 3.19. The molecule has 2 amide bonds. The molecule has 0 atom stereocenters. The van der Waals surface area contributed by atoms with E-state index in [-0.39, 0.29) is 10.5 Å². The standard InChI is InChI=1S/C23H27IN4O5S/c1-16-6-8-18(9-7-16)34(31,32)28-14-20(24)19-12-17(13-26-21(19)28)27(15-29)11-5-10-25-22(30)33-23(2,3)4/h6-9,12-15H,5,10-11H2,1-4H3,(H,25,30). The average Bonchev–Trinajstić information content (AvgIpc) is 3.09. The van der Waals surface area contributed by atoms with Gasteiger partial charge in [-0.05, 0) is 74.9 Å². The van der Waals surface area contributed by atoms with Crippen molar-refractivity contribution >= 4 is 61.8 Å². The Labute approximate surface area is 212 Å². The molecule has 2 aromatic heterocycles. The Bertz CT molecular complexity index is 1300. The van der Waals surface area contributed by atoms with Crippen LogP contribution in [0.2, 0.25) is 0 Å². The minimum absolute atomic E-state index is 0.171. The van der Waals surface area contributed by atoms with Gasteiger partial charge in [0.05, 0.1) is 16.8 Å². The number of benzene rings is 1. The topological polar surface area (TPSA) is 111 Å². The van der Waals surface area contributed by atoms with Gasteiger partial charge in [0.1, 0.15) is 5.60 Å². The van der Waals surface area contributed by atoms with E-state index in [9.17, 15) is 18.0 Å². The van der Waals surface area contributed by atoms with E-state index in [1.54, 1.807) is 51.1 Å². The zero-order chi connectivity index (χ0) is 25.1. The lowest BCUT2D eigenvalue weighted by Gasteiger charge is -2.20. The Hall–Kier alpha value is -2.67. The Morgan fingerprint density at radius 3 is 2.56 bits per heavy atom. The van der Waals surface area contributed by atoms with Gasteiger partial charge in [-0.25, -0.2) is 22.2 Å². The molecule has 0 radical (unpaired) electrons. The molecule has 0 aliphatic rings. The first kappa shape index (κ1) is 25.9. The molecule has 2 heterocycles. The van der Waals surface area contributed by atoms with Crippen LogP contribution >= 0.6 is 22.6 Å². The molecule has 0 spiro atoms. The number of hydrogen-bond donors (Lipinski definition) is 1. The molecule has 34 heavy (non-hydrogen) atoms. The molecule has 0 aliphatic carbocycles. The summed E-state index contributed by atoms with van der Waals surface area (Å²) in [6.45, 7) is 7.91. The predicted octanol–water partition coefficient (Wildman–Crippen LogP) is 4.06. The molecule has 0 unspecified atom stereocenters. The van der Waals surface area contributed by atoms with Crippen molar-refractivity contribution in [2.75, 3.05) is 18.0 Å². The maximum Gasteiger partial charge on any atom is 0.407 e. The first-order valence-electron chi connectivity index (χ1n) is 10.6. The second-order valence-electron chi connectivity index (χ2n) is 8.74. The lowest BCUT2D eigenvalue weighted by atomic mass is 10.2. The number of aryl methyl sites for hydroxylation is 1. The molecule has 182 valence electrons. The van der Waals surface area contributed by atoms with Crippen molar-refractivity contribution < 1.29 is 22.7 Å². The fraction of sp³-hybridized carbons (Fsp3) is 0.348. The SMILES string of the molecule is Cc1ccc(S(=O)(=O)n2cc(I)c3cc(N(C=O)CCCNC(=O)OC(C)(C)C)cnc32)cc1. The highest BCUT2D eigenvalue weighted by Crippen LogP contribution is 2.29. The molecule has 3 aromatic rings. The Morgan fingerprint density at radius 2 is 1.94 bits per heavy atom. The highest BCUT2D eigenvalue weighted by atomic mass is 127. The van der Waals surface area contributed by atoms with Crippen LogP contribution in [0.25, 0.3) is 11.0 Å². The molecule has 1 N–H and O–H groups in total. The fourth-order valence-corrected chi connectivity index (χ4v) is 5.38. The van der Waals surface area contributed by atoms with Crippen molar-refractivity contribution in [1.82, 2.24) is 14.3 Å². The first-order chi connectivity index (χ1) is 15.9. The number of halogens is 1. The highest BCUT2D eigenvalue weighted by molar-refractivity contribution is 14.1. The van der Waals surface area contributed by atoms with Crippen LogP contribution in [0.15, 0.2) is 47.6 Å². The molecule has 0 bridgehead atoms. The van der Waals surface area contributed by atoms with Gasteiger partial charge in [0.2, 0.25) is 6.41 Å². The third-order valence-electron chi connectivity index (χ3n) is 4.83. The number of carbonyl (C=O) groups is 2. The van der Waals surface area contributed by atoms with E-state index >= 15 is 0 Å². The number of amides is 2. The number of nitrogens with one attached hydrogen (secondary N) is 1. The van der Waals surface area contributed by atoms with Crippen molar-refractivity contribution in [2.45, 2.75) is 44.6 Å². The average molecular weight is 598 g/mol. The van der Waals surface area contributed by atoms with E-state index in [4.69, 9.17) is 4.74 Å². The van der Waals surface area contributed by atoms with Crippen molar-refractivity contribution in [2.24, 2.45) is 0 Å². The van der Waals surface area contributed by atoms with Crippen LogP contribution in [0.3, 0.4) is 0 Å². The summed E-state index contributed by atoms with van der Waals surface area (Å²) in [7, 11) is -3.82. The lowest BCUT2D eigenvalue weighted by molar-refractivity contribution is -0.107.